The fourth-order valence-corrected chi connectivity index (χ4v) is 1.66. The van der Waals surface area contributed by atoms with E-state index in [1.165, 1.54) is 13.8 Å². The molecule has 6 N–H and O–H groups in total. The van der Waals surface area contributed by atoms with Crippen LogP contribution in [0, 0.1) is 0 Å². The summed E-state index contributed by atoms with van der Waals surface area (Å²) in [6, 6.07) is 0. The number of hydrogen-bond donors (Lipinski definition) is 6. The standard InChI is InChI=1S/C15H30N2O7/c1-14(20,21)6-8-16-12(18)4-3-10-24-11-5-13(19)17-9-7-15(2,22)23/h20-23H,3-11H2,1-2H3,(H,16,18)(H,17,19). The molecule has 0 spiro atoms. The fraction of sp³-hybridized carbons (Fsp3) is 0.867. The highest BCUT2D eigenvalue weighted by Crippen LogP contribution is 2.02. The molecule has 0 aliphatic heterocycles. The summed E-state index contributed by atoms with van der Waals surface area (Å²) in [5.74, 6) is -4.02. The third kappa shape index (κ3) is 17.1. The van der Waals surface area contributed by atoms with Crippen molar-refractivity contribution in [1.29, 1.82) is 0 Å². The number of carbonyl (C=O) groups excluding carboxylic acids is 2. The molecule has 24 heavy (non-hydrogen) atoms. The van der Waals surface area contributed by atoms with Crippen molar-refractivity contribution in [3.63, 3.8) is 0 Å². The minimum atomic E-state index is -1.79. The molecule has 0 heterocycles. The molecule has 0 aliphatic carbocycles. The Labute approximate surface area is 142 Å². The Morgan fingerprint density at radius 2 is 1.29 bits per heavy atom. The van der Waals surface area contributed by atoms with Crippen LogP contribution in [0.4, 0.5) is 0 Å². The third-order valence-electron chi connectivity index (χ3n) is 3.01. The number of nitrogens with one attached hydrogen (secondary N) is 2. The molecule has 0 radical (unpaired) electrons. The topological polar surface area (TPSA) is 148 Å². The van der Waals surface area contributed by atoms with Crippen LogP contribution in [0.2, 0.25) is 0 Å². The van der Waals surface area contributed by atoms with Crippen molar-refractivity contribution >= 4 is 11.8 Å². The van der Waals surface area contributed by atoms with Crippen LogP contribution in [0.1, 0.15) is 46.0 Å². The average molecular weight is 350 g/mol. The van der Waals surface area contributed by atoms with Crippen LogP contribution in [-0.2, 0) is 14.3 Å². The molecular weight excluding hydrogens is 320 g/mol. The van der Waals surface area contributed by atoms with Gasteiger partial charge in [-0.1, -0.05) is 0 Å². The number of aliphatic hydroxyl groups is 4. The molecule has 0 fully saturated rings. The van der Waals surface area contributed by atoms with Crippen LogP contribution in [0.25, 0.3) is 0 Å². The van der Waals surface area contributed by atoms with E-state index in [1.807, 2.05) is 0 Å². The Kier molecular flexibility index (Phi) is 10.7. The van der Waals surface area contributed by atoms with E-state index in [2.05, 4.69) is 10.6 Å². The van der Waals surface area contributed by atoms with Gasteiger partial charge in [0.2, 0.25) is 11.8 Å². The highest BCUT2D eigenvalue weighted by Gasteiger charge is 2.15. The molecule has 0 aromatic carbocycles. The largest absolute Gasteiger partial charge is 0.381 e. The minimum Gasteiger partial charge on any atom is -0.381 e. The lowest BCUT2D eigenvalue weighted by Crippen LogP contribution is -2.33. The summed E-state index contributed by atoms with van der Waals surface area (Å²) in [5.41, 5.74) is 0. The molecule has 0 bridgehead atoms. The van der Waals surface area contributed by atoms with Gasteiger partial charge in [0, 0.05) is 45.4 Å². The molecule has 0 aromatic heterocycles. The normalized spacial score (nSPS) is 12.1. The molecule has 0 saturated carbocycles. The Hall–Kier alpha value is -1.26. The predicted octanol–water partition coefficient (Wildman–Crippen LogP) is -1.41. The lowest BCUT2D eigenvalue weighted by molar-refractivity contribution is -0.150. The van der Waals surface area contributed by atoms with Gasteiger partial charge in [0.1, 0.15) is 0 Å². The number of hydrogen-bond acceptors (Lipinski definition) is 7. The van der Waals surface area contributed by atoms with E-state index in [1.54, 1.807) is 0 Å². The maximum absolute atomic E-state index is 11.4. The monoisotopic (exact) mass is 350 g/mol. The predicted molar refractivity (Wildman–Crippen MR) is 85.6 cm³/mol. The van der Waals surface area contributed by atoms with Crippen molar-refractivity contribution in [3.8, 4) is 0 Å². The second kappa shape index (κ2) is 11.3. The summed E-state index contributed by atoms with van der Waals surface area (Å²) in [6.07, 6.45) is 1.00. The van der Waals surface area contributed by atoms with E-state index >= 15 is 0 Å². The quantitative estimate of drug-likeness (QED) is 0.176. The van der Waals surface area contributed by atoms with Gasteiger partial charge in [-0.25, -0.2) is 0 Å². The lowest BCUT2D eigenvalue weighted by Gasteiger charge is -2.15. The van der Waals surface area contributed by atoms with E-state index < -0.39 is 11.6 Å². The summed E-state index contributed by atoms with van der Waals surface area (Å²) < 4.78 is 5.24. The third-order valence-corrected chi connectivity index (χ3v) is 3.01. The van der Waals surface area contributed by atoms with E-state index in [0.717, 1.165) is 0 Å². The molecule has 142 valence electrons. The van der Waals surface area contributed by atoms with Crippen molar-refractivity contribution < 1.29 is 34.8 Å². The van der Waals surface area contributed by atoms with Gasteiger partial charge in [0.05, 0.1) is 6.61 Å². The van der Waals surface area contributed by atoms with Gasteiger partial charge in [-0.3, -0.25) is 9.59 Å². The second-order valence-corrected chi connectivity index (χ2v) is 6.10. The molecule has 0 unspecified atom stereocenters. The van der Waals surface area contributed by atoms with Crippen LogP contribution >= 0.6 is 0 Å². The van der Waals surface area contributed by atoms with Gasteiger partial charge in [0.25, 0.3) is 0 Å². The molecule has 9 heteroatoms. The van der Waals surface area contributed by atoms with Crippen molar-refractivity contribution in [2.24, 2.45) is 0 Å². The first kappa shape index (κ1) is 22.7. The first-order valence-corrected chi connectivity index (χ1v) is 8.00. The Bertz CT molecular complexity index is 339. The molecule has 0 rings (SSSR count). The fourth-order valence-electron chi connectivity index (χ4n) is 1.66. The van der Waals surface area contributed by atoms with Crippen LogP contribution in [0.15, 0.2) is 0 Å². The zero-order chi connectivity index (χ0) is 18.6. The van der Waals surface area contributed by atoms with Crippen molar-refractivity contribution in [1.82, 2.24) is 10.6 Å². The Balaban J connectivity index is 3.47. The summed E-state index contributed by atoms with van der Waals surface area (Å²) in [5, 5.41) is 41.4. The number of amides is 2. The van der Waals surface area contributed by atoms with E-state index in [-0.39, 0.29) is 57.2 Å². The average Bonchev–Trinajstić information content (AvgIpc) is 2.39. The summed E-state index contributed by atoms with van der Waals surface area (Å²) in [7, 11) is 0. The van der Waals surface area contributed by atoms with Gasteiger partial charge in [-0.2, -0.15) is 0 Å². The van der Waals surface area contributed by atoms with Crippen LogP contribution in [0.3, 0.4) is 0 Å². The molecule has 0 aromatic rings. The zero-order valence-corrected chi connectivity index (χ0v) is 14.4. The van der Waals surface area contributed by atoms with Crippen LogP contribution in [0.5, 0.6) is 0 Å². The first-order chi connectivity index (χ1) is 11.0. The number of rotatable bonds is 13. The van der Waals surface area contributed by atoms with Crippen molar-refractivity contribution in [3.05, 3.63) is 0 Å². The summed E-state index contributed by atoms with van der Waals surface area (Å²) in [4.78, 5) is 22.8. The van der Waals surface area contributed by atoms with E-state index in [4.69, 9.17) is 25.2 Å². The van der Waals surface area contributed by atoms with Gasteiger partial charge >= 0.3 is 0 Å². The lowest BCUT2D eigenvalue weighted by atomic mass is 10.2. The molecule has 0 atom stereocenters. The first-order valence-electron chi connectivity index (χ1n) is 8.00. The highest BCUT2D eigenvalue weighted by molar-refractivity contribution is 5.76. The van der Waals surface area contributed by atoms with E-state index in [9.17, 15) is 9.59 Å². The zero-order valence-electron chi connectivity index (χ0n) is 14.4. The van der Waals surface area contributed by atoms with Crippen LogP contribution in [-0.4, -0.2) is 70.1 Å². The van der Waals surface area contributed by atoms with Crippen molar-refractivity contribution in [2.45, 2.75) is 57.5 Å². The van der Waals surface area contributed by atoms with Gasteiger partial charge in [-0.05, 0) is 20.3 Å². The Morgan fingerprint density at radius 3 is 1.75 bits per heavy atom. The highest BCUT2D eigenvalue weighted by atomic mass is 16.5. The SMILES string of the molecule is CC(O)(O)CCNC(=O)CCCOCCC(=O)NCCC(C)(O)O. The maximum atomic E-state index is 11.4. The molecule has 0 aliphatic rings. The smallest absolute Gasteiger partial charge is 0.222 e. The van der Waals surface area contributed by atoms with Crippen LogP contribution < -0.4 is 10.6 Å². The minimum absolute atomic E-state index is 0.0421. The van der Waals surface area contributed by atoms with Crippen molar-refractivity contribution in [2.75, 3.05) is 26.3 Å². The molecule has 9 nitrogen and oxygen atoms in total. The van der Waals surface area contributed by atoms with Gasteiger partial charge in [0.15, 0.2) is 11.6 Å². The summed E-state index contributed by atoms with van der Waals surface area (Å²) >= 11 is 0. The maximum Gasteiger partial charge on any atom is 0.222 e. The second-order valence-electron chi connectivity index (χ2n) is 6.10. The molecule has 2 amide bonds. The number of ether oxygens (including phenoxy) is 1. The summed E-state index contributed by atoms with van der Waals surface area (Å²) in [6.45, 7) is 3.40. The van der Waals surface area contributed by atoms with Gasteiger partial charge < -0.3 is 35.8 Å². The number of carbonyl (C=O) groups is 2. The van der Waals surface area contributed by atoms with E-state index in [0.29, 0.717) is 13.0 Å². The molecular formula is C15H30N2O7. The molecule has 0 saturated heterocycles. The Morgan fingerprint density at radius 1 is 0.833 bits per heavy atom. The van der Waals surface area contributed by atoms with Gasteiger partial charge in [-0.15, -0.1) is 0 Å².